The molecule has 0 atom stereocenters. The van der Waals surface area contributed by atoms with Gasteiger partial charge in [0.2, 0.25) is 0 Å². The van der Waals surface area contributed by atoms with Gasteiger partial charge in [-0.1, -0.05) is 222 Å². The Morgan fingerprint density at radius 1 is 0.200 bits per heavy atom. The Morgan fingerprint density at radius 3 is 0.833 bits per heavy atom. The number of nitrogens with zero attached hydrogens (tertiary/aromatic N) is 4. The Labute approximate surface area is 528 Å². The highest BCUT2D eigenvalue weighted by molar-refractivity contribution is 6.22. The Bertz CT molecular complexity index is 4850. The summed E-state index contributed by atoms with van der Waals surface area (Å²) in [5, 5.41) is 4.70. The fourth-order valence-electron chi connectivity index (χ4n) is 14.7. The summed E-state index contributed by atoms with van der Waals surface area (Å²) in [5.41, 5.74) is 25.7. The summed E-state index contributed by atoms with van der Waals surface area (Å²) < 4.78 is 0. The van der Waals surface area contributed by atoms with Gasteiger partial charge >= 0.3 is 0 Å². The van der Waals surface area contributed by atoms with Gasteiger partial charge in [0.1, 0.15) is 0 Å². The molecule has 4 heteroatoms. The highest BCUT2D eigenvalue weighted by Gasteiger charge is 2.38. The van der Waals surface area contributed by atoms with Crippen molar-refractivity contribution in [2.24, 2.45) is 0 Å². The van der Waals surface area contributed by atoms with Crippen molar-refractivity contribution in [3.8, 4) is 33.4 Å². The van der Waals surface area contributed by atoms with Crippen molar-refractivity contribution in [2.75, 3.05) is 19.6 Å². The van der Waals surface area contributed by atoms with Crippen LogP contribution in [0.3, 0.4) is 0 Å². The number of benzene rings is 14. The summed E-state index contributed by atoms with van der Waals surface area (Å²) in [6, 6.07) is 120. The van der Waals surface area contributed by atoms with Crippen LogP contribution in [-0.4, -0.2) is 0 Å². The van der Waals surface area contributed by atoms with Crippen LogP contribution in [0, 0.1) is 0 Å². The molecule has 0 saturated carbocycles. The van der Waals surface area contributed by atoms with Crippen molar-refractivity contribution < 1.29 is 0 Å². The molecule has 90 heavy (non-hydrogen) atoms. The SMILES string of the molecule is CC1(C)c2ccccc2-c2ccc(N(c3ccc(-c4c5ccccc5c(N(c5ccc(N(c6ccccc6)c6ccccc6)cc5)c5ccc6c(c5)C(C)(C)c5ccccc5-6)c5ccccc45)cc3)c3ccc(N(c4ccccc4)c4ccccc4)cc3)cc21. The first kappa shape index (κ1) is 54.2. The second kappa shape index (κ2) is 21.9. The molecule has 2 aliphatic rings. The summed E-state index contributed by atoms with van der Waals surface area (Å²) in [6.45, 7) is 9.48. The zero-order valence-electron chi connectivity index (χ0n) is 51.0. The van der Waals surface area contributed by atoms with Gasteiger partial charge in [-0.25, -0.2) is 0 Å². The van der Waals surface area contributed by atoms with Crippen LogP contribution in [0.15, 0.2) is 328 Å². The topological polar surface area (TPSA) is 13.0 Å². The normalized spacial score (nSPS) is 13.1. The maximum atomic E-state index is 2.52. The Balaban J connectivity index is 0.847. The van der Waals surface area contributed by atoms with E-state index in [2.05, 4.69) is 375 Å². The van der Waals surface area contributed by atoms with Gasteiger partial charge < -0.3 is 19.6 Å². The Morgan fingerprint density at radius 2 is 0.456 bits per heavy atom. The lowest BCUT2D eigenvalue weighted by Gasteiger charge is -2.32. The molecule has 14 aromatic carbocycles. The maximum Gasteiger partial charge on any atom is 0.0618 e. The van der Waals surface area contributed by atoms with Crippen molar-refractivity contribution in [2.45, 2.75) is 38.5 Å². The van der Waals surface area contributed by atoms with E-state index in [1.54, 1.807) is 0 Å². The quantitative estimate of drug-likeness (QED) is 0.107. The minimum absolute atomic E-state index is 0.171. The lowest BCUT2D eigenvalue weighted by molar-refractivity contribution is 0.660. The number of para-hydroxylation sites is 4. The molecule has 0 N–H and O–H groups in total. The lowest BCUT2D eigenvalue weighted by atomic mass is 9.82. The molecule has 0 radical (unpaired) electrons. The first-order chi connectivity index (χ1) is 44.2. The summed E-state index contributed by atoms with van der Waals surface area (Å²) in [4.78, 5) is 9.61. The molecule has 0 bridgehead atoms. The predicted octanol–water partition coefficient (Wildman–Crippen LogP) is 24.2. The van der Waals surface area contributed by atoms with E-state index in [1.165, 1.54) is 71.6 Å². The zero-order valence-corrected chi connectivity index (χ0v) is 51.0. The molecular weight excluding hydrogens is 1090 g/mol. The van der Waals surface area contributed by atoms with E-state index in [-0.39, 0.29) is 10.8 Å². The summed E-state index contributed by atoms with van der Waals surface area (Å²) in [6.07, 6.45) is 0. The summed E-state index contributed by atoms with van der Waals surface area (Å²) in [7, 11) is 0. The molecule has 0 unspecified atom stereocenters. The summed E-state index contributed by atoms with van der Waals surface area (Å²) >= 11 is 0. The van der Waals surface area contributed by atoms with E-state index in [9.17, 15) is 0 Å². The largest absolute Gasteiger partial charge is 0.311 e. The molecule has 14 aromatic rings. The average Bonchev–Trinajstić information content (AvgIpc) is 1.11. The standard InChI is InChI=1S/C86H66N4/c1-85(2)79-39-23-21-33-71(79)73-55-53-69(57-81(73)85)89(67-47-45-65(46-48-67)87(60-25-9-5-10-26-60)61-27-11-6-12-28-61)64-43-41-59(42-44-64)83-75-35-17-19-37-77(75)84(78-38-20-18-36-76(78)83)90(70-54-56-74-72-34-22-24-40-80(72)86(3,4)82(74)58-70)68-51-49-66(50-52-68)88(62-29-13-7-14-30-62)63-31-15-8-16-32-63/h5-58H,1-4H3. The number of fused-ring (bicyclic) bond motifs is 8. The van der Waals surface area contributed by atoms with Crippen molar-refractivity contribution >= 4 is 89.8 Å². The molecule has 16 rings (SSSR count). The molecule has 2 aliphatic carbocycles. The van der Waals surface area contributed by atoms with Crippen LogP contribution in [-0.2, 0) is 10.8 Å². The van der Waals surface area contributed by atoms with Gasteiger partial charge in [0, 0.05) is 84.2 Å². The first-order valence-electron chi connectivity index (χ1n) is 31.3. The fourth-order valence-corrected chi connectivity index (χ4v) is 14.7. The zero-order chi connectivity index (χ0) is 60.5. The van der Waals surface area contributed by atoms with Crippen molar-refractivity contribution in [1.29, 1.82) is 0 Å². The van der Waals surface area contributed by atoms with Crippen LogP contribution in [0.4, 0.5) is 68.2 Å². The first-order valence-corrected chi connectivity index (χ1v) is 31.3. The average molecular weight is 1160 g/mol. The third-order valence-corrected chi connectivity index (χ3v) is 19.0. The van der Waals surface area contributed by atoms with E-state index in [0.29, 0.717) is 0 Å². The monoisotopic (exact) mass is 1150 g/mol. The molecule has 0 fully saturated rings. The molecule has 0 amide bonds. The minimum atomic E-state index is -0.197. The third-order valence-electron chi connectivity index (χ3n) is 19.0. The molecule has 0 spiro atoms. The van der Waals surface area contributed by atoms with Crippen LogP contribution in [0.2, 0.25) is 0 Å². The van der Waals surface area contributed by atoms with Crippen molar-refractivity contribution in [3.05, 3.63) is 350 Å². The predicted molar refractivity (Wildman–Crippen MR) is 381 cm³/mol. The number of anilines is 12. The van der Waals surface area contributed by atoms with Gasteiger partial charge in [-0.15, -0.1) is 0 Å². The molecule has 4 nitrogen and oxygen atoms in total. The number of rotatable bonds is 13. The van der Waals surface area contributed by atoms with E-state index < -0.39 is 0 Å². The highest BCUT2D eigenvalue weighted by Crippen LogP contribution is 2.55. The van der Waals surface area contributed by atoms with E-state index in [1.807, 2.05) is 0 Å². The number of hydrogen-bond acceptors (Lipinski definition) is 4. The maximum absolute atomic E-state index is 2.52. The molecule has 0 heterocycles. The Kier molecular flexibility index (Phi) is 13.2. The fraction of sp³-hybridized carbons (Fsp3) is 0.0698. The highest BCUT2D eigenvalue weighted by atomic mass is 15.2. The van der Waals surface area contributed by atoms with Gasteiger partial charge in [0.25, 0.3) is 0 Å². The molecule has 0 saturated heterocycles. The van der Waals surface area contributed by atoms with Gasteiger partial charge in [-0.3, -0.25) is 0 Å². The van der Waals surface area contributed by atoms with Gasteiger partial charge in [-0.05, 0) is 200 Å². The van der Waals surface area contributed by atoms with Crippen LogP contribution in [0.5, 0.6) is 0 Å². The Hall–Kier alpha value is -11.2. The molecule has 0 aliphatic heterocycles. The summed E-state index contributed by atoms with van der Waals surface area (Å²) in [5.74, 6) is 0. The van der Waals surface area contributed by atoms with Gasteiger partial charge in [0.15, 0.2) is 0 Å². The van der Waals surface area contributed by atoms with Crippen LogP contribution in [0.25, 0.3) is 54.9 Å². The lowest BCUT2D eigenvalue weighted by Crippen LogP contribution is -2.17. The molecule has 430 valence electrons. The van der Waals surface area contributed by atoms with Crippen molar-refractivity contribution in [3.63, 3.8) is 0 Å². The van der Waals surface area contributed by atoms with Gasteiger partial charge in [-0.2, -0.15) is 0 Å². The molecule has 0 aromatic heterocycles. The third kappa shape index (κ3) is 9.05. The van der Waals surface area contributed by atoms with Crippen molar-refractivity contribution in [1.82, 2.24) is 0 Å². The second-order valence-corrected chi connectivity index (χ2v) is 24.9. The van der Waals surface area contributed by atoms with Crippen LogP contribution < -0.4 is 19.6 Å². The van der Waals surface area contributed by atoms with E-state index in [0.717, 1.165) is 73.8 Å². The van der Waals surface area contributed by atoms with E-state index >= 15 is 0 Å². The molecular formula is C86H66N4. The van der Waals surface area contributed by atoms with Crippen LogP contribution >= 0.6 is 0 Å². The minimum Gasteiger partial charge on any atom is -0.311 e. The van der Waals surface area contributed by atoms with Gasteiger partial charge in [0.05, 0.1) is 5.69 Å². The van der Waals surface area contributed by atoms with Crippen LogP contribution in [0.1, 0.15) is 49.9 Å². The number of hydrogen-bond donors (Lipinski definition) is 0. The van der Waals surface area contributed by atoms with E-state index in [4.69, 9.17) is 0 Å². The second-order valence-electron chi connectivity index (χ2n) is 24.9. The smallest absolute Gasteiger partial charge is 0.0618 e.